The number of ether oxygens (including phenoxy) is 4. The van der Waals surface area contributed by atoms with Gasteiger partial charge in [-0.1, -0.05) is 76.6 Å². The summed E-state index contributed by atoms with van der Waals surface area (Å²) in [6, 6.07) is 18.1. The number of benzene rings is 2. The van der Waals surface area contributed by atoms with Gasteiger partial charge < -0.3 is 18.9 Å². The smallest absolute Gasteiger partial charge is 0.370 e. The van der Waals surface area contributed by atoms with Crippen LogP contribution in [0.5, 0.6) is 0 Å². The first-order valence-electron chi connectivity index (χ1n) is 10.2. The highest BCUT2D eigenvalue weighted by Gasteiger charge is 2.56. The fourth-order valence-electron chi connectivity index (χ4n) is 3.40. The molecule has 0 N–H and O–H groups in total. The first kappa shape index (κ1) is 27.1. The molecule has 0 aromatic heterocycles. The Hall–Kier alpha value is -1.54. The van der Waals surface area contributed by atoms with E-state index in [0.29, 0.717) is 0 Å². The maximum absolute atomic E-state index is 13.1. The van der Waals surface area contributed by atoms with Crippen LogP contribution < -0.4 is 0 Å². The first-order chi connectivity index (χ1) is 16.2. The summed E-state index contributed by atoms with van der Waals surface area (Å²) >= 11 is 3.34. The van der Waals surface area contributed by atoms with Crippen LogP contribution in [0.2, 0.25) is 0 Å². The molecule has 34 heavy (non-hydrogen) atoms. The lowest BCUT2D eigenvalue weighted by Gasteiger charge is -2.28. The summed E-state index contributed by atoms with van der Waals surface area (Å²) in [7, 11) is -4.77. The fraction of sp³-hybridized carbons (Fsp3) is 0.455. The number of rotatable bonds is 11. The molecule has 0 saturated carbocycles. The quantitative estimate of drug-likeness (QED) is 0.229. The van der Waals surface area contributed by atoms with E-state index in [-0.39, 0.29) is 18.5 Å². The molecule has 0 unspecified atom stereocenters. The third kappa shape index (κ3) is 6.78. The zero-order chi connectivity index (χ0) is 24.8. The average Bonchev–Trinajstić information content (AvgIpc) is 3.15. The van der Waals surface area contributed by atoms with E-state index >= 15 is 0 Å². The fourth-order valence-corrected chi connectivity index (χ4v) is 4.56. The van der Waals surface area contributed by atoms with Crippen LogP contribution in [0.1, 0.15) is 11.1 Å². The van der Waals surface area contributed by atoms with Gasteiger partial charge in [-0.15, -0.1) is 0 Å². The molecule has 2 aromatic rings. The molecule has 1 fully saturated rings. The summed E-state index contributed by atoms with van der Waals surface area (Å²) in [5.74, 6) is 0. The summed E-state index contributed by atoms with van der Waals surface area (Å²) in [5.41, 5.74) is -4.03. The Morgan fingerprint density at radius 1 is 0.971 bits per heavy atom. The van der Waals surface area contributed by atoms with Crippen molar-refractivity contribution in [1.82, 2.24) is 0 Å². The third-order valence-electron chi connectivity index (χ3n) is 5.07. The minimum absolute atomic E-state index is 0.0264. The lowest BCUT2D eigenvalue weighted by molar-refractivity contribution is -0.167. The molecule has 3 rings (SSSR count). The highest BCUT2D eigenvalue weighted by Crippen LogP contribution is 2.36. The van der Waals surface area contributed by atoms with Crippen LogP contribution in [0.4, 0.5) is 13.2 Å². The molecule has 0 radical (unpaired) electrons. The molecule has 12 heteroatoms. The Balaban J connectivity index is 1.85. The molecule has 1 aliphatic rings. The van der Waals surface area contributed by atoms with E-state index in [1.54, 1.807) is 30.3 Å². The average molecular weight is 569 g/mol. The van der Waals surface area contributed by atoms with Crippen molar-refractivity contribution in [1.29, 1.82) is 0 Å². The molecule has 5 atom stereocenters. The molecular weight excluding hydrogens is 545 g/mol. The van der Waals surface area contributed by atoms with E-state index in [0.717, 1.165) is 11.1 Å². The van der Waals surface area contributed by atoms with E-state index in [1.165, 1.54) is 7.11 Å². The lowest BCUT2D eigenvalue weighted by atomic mass is 10.1. The molecular formula is C22H24BrF3O7S. The maximum atomic E-state index is 13.1. The standard InChI is InChI=1S/C22H24BrF3O7S/c1-29-21-20(33-34(27,28)22(24,25)26)19(31-14-16-10-6-3-7-11-16)18(32-21)17(12-23)30-13-15-8-4-2-5-9-15/h2-11,17-21H,12-14H2,1H3/t17-,18-,19+,20-,21-/m1/s1. The number of hydrogen-bond donors (Lipinski definition) is 0. The Morgan fingerprint density at radius 3 is 2.03 bits per heavy atom. The van der Waals surface area contributed by atoms with Crippen molar-refractivity contribution >= 4 is 26.0 Å². The van der Waals surface area contributed by atoms with Crippen molar-refractivity contribution in [3.05, 3.63) is 71.8 Å². The summed E-state index contributed by atoms with van der Waals surface area (Å²) in [6.07, 6.45) is -6.12. The number of hydrogen-bond acceptors (Lipinski definition) is 7. The summed E-state index contributed by atoms with van der Waals surface area (Å²) < 4.78 is 90.0. The molecule has 1 aliphatic heterocycles. The molecule has 0 spiro atoms. The zero-order valence-electron chi connectivity index (χ0n) is 18.1. The topological polar surface area (TPSA) is 80.3 Å². The Kier molecular flexibility index (Phi) is 9.49. The van der Waals surface area contributed by atoms with Gasteiger partial charge in [0.2, 0.25) is 0 Å². The van der Waals surface area contributed by atoms with E-state index in [9.17, 15) is 21.6 Å². The molecule has 0 aliphatic carbocycles. The van der Waals surface area contributed by atoms with Crippen LogP contribution in [-0.4, -0.2) is 57.1 Å². The largest absolute Gasteiger partial charge is 0.523 e. The predicted octanol–water partition coefficient (Wildman–Crippen LogP) is 4.16. The van der Waals surface area contributed by atoms with Gasteiger partial charge in [-0.3, -0.25) is 4.18 Å². The van der Waals surface area contributed by atoms with Crippen LogP contribution in [0.15, 0.2) is 60.7 Å². The molecule has 188 valence electrons. The van der Waals surface area contributed by atoms with Crippen LogP contribution in [0.3, 0.4) is 0 Å². The summed E-state index contributed by atoms with van der Waals surface area (Å²) in [5, 5.41) is 0.227. The third-order valence-corrected chi connectivity index (χ3v) is 6.75. The van der Waals surface area contributed by atoms with Gasteiger partial charge in [0.05, 0.1) is 19.3 Å². The molecule has 1 heterocycles. The highest BCUT2D eigenvalue weighted by atomic mass is 79.9. The van der Waals surface area contributed by atoms with Gasteiger partial charge >= 0.3 is 15.6 Å². The van der Waals surface area contributed by atoms with Gasteiger partial charge in [-0.2, -0.15) is 21.6 Å². The lowest BCUT2D eigenvalue weighted by Crippen LogP contribution is -2.45. The second-order valence-electron chi connectivity index (χ2n) is 7.42. The van der Waals surface area contributed by atoms with Gasteiger partial charge in [0.25, 0.3) is 0 Å². The summed E-state index contributed by atoms with van der Waals surface area (Å²) in [6.45, 7) is 0.161. The second-order valence-corrected chi connectivity index (χ2v) is 9.63. The van der Waals surface area contributed by atoms with Crippen molar-refractivity contribution < 1.29 is 44.7 Å². The van der Waals surface area contributed by atoms with E-state index < -0.39 is 46.3 Å². The first-order valence-corrected chi connectivity index (χ1v) is 12.7. The Morgan fingerprint density at radius 2 is 1.53 bits per heavy atom. The number of methoxy groups -OCH3 is 1. The van der Waals surface area contributed by atoms with Crippen molar-refractivity contribution in [2.75, 3.05) is 12.4 Å². The van der Waals surface area contributed by atoms with Gasteiger partial charge in [0.15, 0.2) is 12.4 Å². The zero-order valence-corrected chi connectivity index (χ0v) is 20.5. The Bertz CT molecular complexity index is 993. The minimum Gasteiger partial charge on any atom is -0.370 e. The SMILES string of the molecule is CO[C@@H]1O[C@H]([C@@H](CBr)OCc2ccccc2)[C@H](OCc2ccccc2)[C@H]1OS(=O)(=O)C(F)(F)F. The van der Waals surface area contributed by atoms with Gasteiger partial charge in [-0.05, 0) is 11.1 Å². The van der Waals surface area contributed by atoms with Crippen molar-refractivity contribution in [3.63, 3.8) is 0 Å². The van der Waals surface area contributed by atoms with E-state index in [1.807, 2.05) is 30.3 Å². The van der Waals surface area contributed by atoms with Crippen molar-refractivity contribution in [3.8, 4) is 0 Å². The number of halogens is 4. The Labute approximate surface area is 204 Å². The number of alkyl halides is 4. The van der Waals surface area contributed by atoms with Gasteiger partial charge in [0.1, 0.15) is 12.2 Å². The van der Waals surface area contributed by atoms with E-state index in [4.69, 9.17) is 18.9 Å². The second kappa shape index (κ2) is 11.9. The molecule has 1 saturated heterocycles. The van der Waals surface area contributed by atoms with Crippen LogP contribution in [0.25, 0.3) is 0 Å². The molecule has 0 amide bonds. The minimum atomic E-state index is -5.94. The van der Waals surface area contributed by atoms with Crippen molar-refractivity contribution in [2.24, 2.45) is 0 Å². The van der Waals surface area contributed by atoms with Gasteiger partial charge in [0, 0.05) is 12.4 Å². The van der Waals surface area contributed by atoms with Gasteiger partial charge in [-0.25, -0.2) is 0 Å². The summed E-state index contributed by atoms with van der Waals surface area (Å²) in [4.78, 5) is 0. The van der Waals surface area contributed by atoms with Crippen LogP contribution >= 0.6 is 15.9 Å². The predicted molar refractivity (Wildman–Crippen MR) is 119 cm³/mol. The maximum Gasteiger partial charge on any atom is 0.523 e. The monoisotopic (exact) mass is 568 g/mol. The normalized spacial score (nSPS) is 24.3. The molecule has 2 aromatic carbocycles. The highest BCUT2D eigenvalue weighted by molar-refractivity contribution is 9.09. The molecule has 0 bridgehead atoms. The van der Waals surface area contributed by atoms with Crippen molar-refractivity contribution in [2.45, 2.75) is 49.4 Å². The van der Waals surface area contributed by atoms with Crippen LogP contribution in [0, 0.1) is 0 Å². The molecule has 7 nitrogen and oxygen atoms in total. The van der Waals surface area contributed by atoms with Crippen LogP contribution in [-0.2, 0) is 46.5 Å². The van der Waals surface area contributed by atoms with E-state index in [2.05, 4.69) is 20.1 Å².